The van der Waals surface area contributed by atoms with Crippen LogP contribution >= 0.6 is 0 Å². The van der Waals surface area contributed by atoms with Crippen LogP contribution in [0.4, 0.5) is 26.3 Å². The van der Waals surface area contributed by atoms with Gasteiger partial charge in [0, 0.05) is 26.1 Å². The highest BCUT2D eigenvalue weighted by atomic mass is 19.4. The molecule has 220 valence electrons. The van der Waals surface area contributed by atoms with E-state index in [0.717, 1.165) is 24.3 Å². The van der Waals surface area contributed by atoms with Gasteiger partial charge in [-0.2, -0.15) is 26.3 Å². The Balaban J connectivity index is 1.72. The summed E-state index contributed by atoms with van der Waals surface area (Å²) in [5.74, 6) is -1.36. The number of nitrogens with zero attached hydrogens (tertiary/aromatic N) is 1. The first-order chi connectivity index (χ1) is 19.3. The lowest BCUT2D eigenvalue weighted by molar-refractivity contribution is -0.150. The van der Waals surface area contributed by atoms with E-state index in [1.807, 2.05) is 0 Å². The third-order valence-corrected chi connectivity index (χ3v) is 6.01. The molecule has 41 heavy (non-hydrogen) atoms. The molecule has 0 saturated heterocycles. The molecule has 0 aromatic heterocycles. The van der Waals surface area contributed by atoms with E-state index >= 15 is 0 Å². The molecule has 1 amide bonds. The molecular formula is C29H27F6NO5. The quantitative estimate of drug-likeness (QED) is 0.251. The number of benzene rings is 3. The normalized spacial score (nSPS) is 12.6. The highest BCUT2D eigenvalue weighted by Crippen LogP contribution is 2.30. The van der Waals surface area contributed by atoms with Gasteiger partial charge in [-0.05, 0) is 60.0 Å². The van der Waals surface area contributed by atoms with Crippen LogP contribution in [0.3, 0.4) is 0 Å². The van der Waals surface area contributed by atoms with Crippen LogP contribution in [0.2, 0.25) is 0 Å². The van der Waals surface area contributed by atoms with Gasteiger partial charge in [0.15, 0.2) is 12.7 Å². The summed E-state index contributed by atoms with van der Waals surface area (Å²) in [6, 6.07) is 14.8. The number of carbonyl (C=O) groups excluding carboxylic acids is 1. The Bertz CT molecular complexity index is 1230. The molecule has 0 saturated carbocycles. The molecule has 0 bridgehead atoms. The SMILES string of the molecule is CCO[C@@H](Cc1ccc(OCC(=O)N(Cc2ccc(C(F)(F)F)cc2)Cc2ccc(C(F)(F)F)cc2)cc1)C(=O)O. The number of carbonyl (C=O) groups is 2. The van der Waals surface area contributed by atoms with Crippen LogP contribution in [-0.4, -0.2) is 41.2 Å². The lowest BCUT2D eigenvalue weighted by Gasteiger charge is -2.24. The minimum Gasteiger partial charge on any atom is -0.484 e. The molecule has 1 atom stereocenters. The van der Waals surface area contributed by atoms with Crippen molar-refractivity contribution in [2.45, 2.75) is 44.9 Å². The van der Waals surface area contributed by atoms with Crippen molar-refractivity contribution in [1.82, 2.24) is 4.90 Å². The van der Waals surface area contributed by atoms with E-state index in [0.29, 0.717) is 22.4 Å². The lowest BCUT2D eigenvalue weighted by Crippen LogP contribution is -2.34. The monoisotopic (exact) mass is 583 g/mol. The molecule has 6 nitrogen and oxygen atoms in total. The predicted molar refractivity (Wildman–Crippen MR) is 136 cm³/mol. The van der Waals surface area contributed by atoms with Gasteiger partial charge in [0.25, 0.3) is 5.91 Å². The molecule has 1 N–H and O–H groups in total. The third-order valence-electron chi connectivity index (χ3n) is 6.01. The first-order valence-corrected chi connectivity index (χ1v) is 12.4. The van der Waals surface area contributed by atoms with E-state index in [9.17, 15) is 41.0 Å². The van der Waals surface area contributed by atoms with E-state index in [4.69, 9.17) is 9.47 Å². The minimum atomic E-state index is -4.53. The van der Waals surface area contributed by atoms with E-state index in [1.54, 1.807) is 31.2 Å². The maximum Gasteiger partial charge on any atom is 0.416 e. The number of ether oxygens (including phenoxy) is 2. The third kappa shape index (κ3) is 9.52. The number of hydrogen-bond donors (Lipinski definition) is 1. The summed E-state index contributed by atoms with van der Waals surface area (Å²) in [5.41, 5.74) is -0.292. The molecule has 0 aliphatic carbocycles. The van der Waals surface area contributed by atoms with Gasteiger partial charge in [0.2, 0.25) is 0 Å². The largest absolute Gasteiger partial charge is 0.484 e. The molecule has 12 heteroatoms. The summed E-state index contributed by atoms with van der Waals surface area (Å²) in [6.45, 7) is 1.22. The molecule has 0 aliphatic heterocycles. The van der Waals surface area contributed by atoms with Crippen molar-refractivity contribution >= 4 is 11.9 Å². The van der Waals surface area contributed by atoms with Crippen molar-refractivity contribution in [3.63, 3.8) is 0 Å². The number of hydrogen-bond acceptors (Lipinski definition) is 4. The van der Waals surface area contributed by atoms with Crippen molar-refractivity contribution < 1.29 is 50.5 Å². The Morgan fingerprint density at radius 1 is 0.756 bits per heavy atom. The average Bonchev–Trinajstić information content (AvgIpc) is 2.91. The number of rotatable bonds is 12. The molecule has 0 fully saturated rings. The van der Waals surface area contributed by atoms with Crippen molar-refractivity contribution in [2.24, 2.45) is 0 Å². The number of aliphatic carboxylic acids is 1. The Morgan fingerprint density at radius 2 is 1.20 bits per heavy atom. The second-order valence-corrected chi connectivity index (χ2v) is 9.06. The van der Waals surface area contributed by atoms with Crippen molar-refractivity contribution in [3.8, 4) is 5.75 Å². The van der Waals surface area contributed by atoms with Crippen LogP contribution in [0, 0.1) is 0 Å². The maximum atomic E-state index is 13.1. The zero-order chi connectivity index (χ0) is 30.2. The molecule has 0 aliphatic rings. The highest BCUT2D eigenvalue weighted by molar-refractivity contribution is 5.78. The zero-order valence-electron chi connectivity index (χ0n) is 21.8. The summed E-state index contributed by atoms with van der Waals surface area (Å²) in [7, 11) is 0. The zero-order valence-corrected chi connectivity index (χ0v) is 21.8. The van der Waals surface area contributed by atoms with E-state index in [1.165, 1.54) is 29.2 Å². The van der Waals surface area contributed by atoms with Crippen LogP contribution in [0.5, 0.6) is 5.75 Å². The Morgan fingerprint density at radius 3 is 1.59 bits per heavy atom. The molecule has 3 aromatic carbocycles. The molecule has 0 spiro atoms. The highest BCUT2D eigenvalue weighted by Gasteiger charge is 2.31. The molecule has 0 unspecified atom stereocenters. The fourth-order valence-corrected chi connectivity index (χ4v) is 3.86. The average molecular weight is 584 g/mol. The van der Waals surface area contributed by atoms with E-state index in [-0.39, 0.29) is 26.1 Å². The minimum absolute atomic E-state index is 0.117. The molecule has 3 rings (SSSR count). The predicted octanol–water partition coefficient (Wildman–Crippen LogP) is 6.36. The topological polar surface area (TPSA) is 76.1 Å². The summed E-state index contributed by atoms with van der Waals surface area (Å²) < 4.78 is 88.4. The summed E-state index contributed by atoms with van der Waals surface area (Å²) in [4.78, 5) is 25.7. The van der Waals surface area contributed by atoms with Crippen LogP contribution in [0.15, 0.2) is 72.8 Å². The summed E-state index contributed by atoms with van der Waals surface area (Å²) in [6.07, 6.45) is -9.96. The van der Waals surface area contributed by atoms with Crippen LogP contribution in [-0.2, 0) is 46.2 Å². The number of halogens is 6. The van der Waals surface area contributed by atoms with Gasteiger partial charge in [0.1, 0.15) is 5.75 Å². The second-order valence-electron chi connectivity index (χ2n) is 9.06. The summed E-state index contributed by atoms with van der Waals surface area (Å²) in [5, 5.41) is 9.24. The molecule has 0 radical (unpaired) electrons. The van der Waals surface area contributed by atoms with Crippen LogP contribution < -0.4 is 4.74 Å². The second kappa shape index (κ2) is 13.5. The maximum absolute atomic E-state index is 13.1. The number of alkyl halides is 6. The number of amides is 1. The fraction of sp³-hybridized carbons (Fsp3) is 0.310. The van der Waals surface area contributed by atoms with Crippen molar-refractivity contribution in [2.75, 3.05) is 13.2 Å². The molecular weight excluding hydrogens is 556 g/mol. The van der Waals surface area contributed by atoms with Gasteiger partial charge in [-0.3, -0.25) is 4.79 Å². The van der Waals surface area contributed by atoms with Crippen molar-refractivity contribution in [1.29, 1.82) is 0 Å². The fourth-order valence-electron chi connectivity index (χ4n) is 3.86. The van der Waals surface area contributed by atoms with Gasteiger partial charge in [0.05, 0.1) is 11.1 Å². The van der Waals surface area contributed by atoms with Crippen LogP contribution in [0.1, 0.15) is 34.7 Å². The van der Waals surface area contributed by atoms with Crippen molar-refractivity contribution in [3.05, 3.63) is 101 Å². The van der Waals surface area contributed by atoms with Gasteiger partial charge in [-0.25, -0.2) is 4.79 Å². The first kappa shape index (κ1) is 31.5. The van der Waals surface area contributed by atoms with Crippen LogP contribution in [0.25, 0.3) is 0 Å². The Hall–Kier alpha value is -4.06. The molecule has 0 heterocycles. The smallest absolute Gasteiger partial charge is 0.416 e. The number of carboxylic acids is 1. The van der Waals surface area contributed by atoms with Gasteiger partial charge in [-0.1, -0.05) is 36.4 Å². The van der Waals surface area contributed by atoms with Gasteiger partial charge >= 0.3 is 18.3 Å². The van der Waals surface area contributed by atoms with Gasteiger partial charge < -0.3 is 19.5 Å². The van der Waals surface area contributed by atoms with E-state index < -0.39 is 48.1 Å². The standard InChI is InChI=1S/C29H27F6NO5/c1-2-40-25(27(38)39)15-19-7-13-24(14-8-19)41-18-26(37)36(16-20-3-9-22(10-4-20)28(30,31)32)17-21-5-11-23(12-6-21)29(33,34)35/h3-14,25H,2,15-18H2,1H3,(H,38,39)/t25-/m0/s1. The van der Waals surface area contributed by atoms with E-state index in [2.05, 4.69) is 0 Å². The first-order valence-electron chi connectivity index (χ1n) is 12.4. The Kier molecular flexibility index (Phi) is 10.4. The molecule has 3 aromatic rings. The Labute approximate surface area is 232 Å². The summed E-state index contributed by atoms with van der Waals surface area (Å²) >= 11 is 0. The van der Waals surface area contributed by atoms with Gasteiger partial charge in [-0.15, -0.1) is 0 Å². The number of carboxylic acid groups (broad SMARTS) is 1. The lowest BCUT2D eigenvalue weighted by atomic mass is 10.1.